The van der Waals surface area contributed by atoms with Crippen molar-refractivity contribution in [2.75, 3.05) is 6.61 Å². The summed E-state index contributed by atoms with van der Waals surface area (Å²) >= 11 is 3.39. The molecule has 0 aliphatic carbocycles. The van der Waals surface area contributed by atoms with Crippen LogP contribution in [0.25, 0.3) is 11.5 Å². The molecule has 0 fully saturated rings. The zero-order valence-corrected chi connectivity index (χ0v) is 15.1. The van der Waals surface area contributed by atoms with E-state index in [0.717, 1.165) is 21.3 Å². The summed E-state index contributed by atoms with van der Waals surface area (Å²) in [5.41, 5.74) is 1.75. The topological polar surface area (TPSA) is 69.7 Å². The third-order valence-corrected chi connectivity index (χ3v) is 3.74. The van der Waals surface area contributed by atoms with Gasteiger partial charge in [0.1, 0.15) is 5.75 Å². The van der Waals surface area contributed by atoms with E-state index in [0.29, 0.717) is 18.4 Å². The highest BCUT2D eigenvalue weighted by Gasteiger charge is 2.08. The van der Waals surface area contributed by atoms with Gasteiger partial charge in [0.15, 0.2) is 6.61 Å². The number of oxime groups is 1. The third kappa shape index (κ3) is 4.90. The summed E-state index contributed by atoms with van der Waals surface area (Å²) in [6, 6.07) is 15.2. The van der Waals surface area contributed by atoms with Crippen LogP contribution in [-0.2, 0) is 11.4 Å². The van der Waals surface area contributed by atoms with Crippen molar-refractivity contribution in [2.24, 2.45) is 5.16 Å². The highest BCUT2D eigenvalue weighted by Crippen LogP contribution is 2.20. The van der Waals surface area contributed by atoms with Crippen molar-refractivity contribution in [3.8, 4) is 17.2 Å². The second-order valence-electron chi connectivity index (χ2n) is 5.02. The SMILES string of the molecule is CCOc1ccc(/C=N/OCc2nnc(-c3ccc(Br)cc3)o2)cc1. The van der Waals surface area contributed by atoms with E-state index in [2.05, 4.69) is 31.3 Å². The molecule has 0 aliphatic heterocycles. The maximum absolute atomic E-state index is 5.55. The first-order chi connectivity index (χ1) is 12.2. The van der Waals surface area contributed by atoms with Crippen LogP contribution >= 0.6 is 15.9 Å². The molecule has 0 atom stereocenters. The minimum Gasteiger partial charge on any atom is -0.494 e. The molecule has 25 heavy (non-hydrogen) atoms. The molecular formula is C18H16BrN3O3. The van der Waals surface area contributed by atoms with Gasteiger partial charge in [0, 0.05) is 10.0 Å². The molecule has 0 spiro atoms. The largest absolute Gasteiger partial charge is 0.494 e. The van der Waals surface area contributed by atoms with E-state index in [1.54, 1.807) is 6.21 Å². The van der Waals surface area contributed by atoms with Gasteiger partial charge in [0.2, 0.25) is 5.89 Å². The predicted molar refractivity (Wildman–Crippen MR) is 97.4 cm³/mol. The monoisotopic (exact) mass is 401 g/mol. The molecule has 1 heterocycles. The zero-order valence-electron chi connectivity index (χ0n) is 13.6. The van der Waals surface area contributed by atoms with Gasteiger partial charge in [0.25, 0.3) is 5.89 Å². The molecular weight excluding hydrogens is 386 g/mol. The van der Waals surface area contributed by atoms with Crippen molar-refractivity contribution in [1.29, 1.82) is 0 Å². The van der Waals surface area contributed by atoms with Crippen LogP contribution in [0.3, 0.4) is 0 Å². The second-order valence-corrected chi connectivity index (χ2v) is 5.93. The van der Waals surface area contributed by atoms with E-state index in [4.69, 9.17) is 14.0 Å². The van der Waals surface area contributed by atoms with E-state index in [1.165, 1.54) is 0 Å². The molecule has 0 unspecified atom stereocenters. The van der Waals surface area contributed by atoms with E-state index in [-0.39, 0.29) is 6.61 Å². The lowest BCUT2D eigenvalue weighted by molar-refractivity contribution is 0.112. The minimum atomic E-state index is 0.108. The molecule has 6 nitrogen and oxygen atoms in total. The van der Waals surface area contributed by atoms with Gasteiger partial charge in [-0.3, -0.25) is 0 Å². The molecule has 0 amide bonds. The van der Waals surface area contributed by atoms with Crippen molar-refractivity contribution in [2.45, 2.75) is 13.5 Å². The van der Waals surface area contributed by atoms with Gasteiger partial charge in [-0.25, -0.2) is 0 Å². The number of halogens is 1. The number of hydrogen-bond acceptors (Lipinski definition) is 6. The summed E-state index contributed by atoms with van der Waals surface area (Å²) in [6.07, 6.45) is 1.61. The first-order valence-corrected chi connectivity index (χ1v) is 8.50. The van der Waals surface area contributed by atoms with Crippen molar-refractivity contribution >= 4 is 22.1 Å². The smallest absolute Gasteiger partial charge is 0.257 e. The molecule has 0 saturated heterocycles. The quantitative estimate of drug-likeness (QED) is 0.432. The fourth-order valence-corrected chi connectivity index (χ4v) is 2.29. The highest BCUT2D eigenvalue weighted by atomic mass is 79.9. The number of aromatic nitrogens is 2. The summed E-state index contributed by atoms with van der Waals surface area (Å²) in [5, 5.41) is 11.9. The molecule has 1 aromatic heterocycles. The minimum absolute atomic E-state index is 0.108. The van der Waals surface area contributed by atoms with E-state index in [1.807, 2.05) is 55.5 Å². The van der Waals surface area contributed by atoms with Crippen LogP contribution in [0.4, 0.5) is 0 Å². The Balaban J connectivity index is 1.53. The summed E-state index contributed by atoms with van der Waals surface area (Å²) in [4.78, 5) is 5.20. The Morgan fingerprint density at radius 3 is 2.56 bits per heavy atom. The molecule has 2 aromatic carbocycles. The Morgan fingerprint density at radius 2 is 1.84 bits per heavy atom. The van der Waals surface area contributed by atoms with E-state index < -0.39 is 0 Å². The lowest BCUT2D eigenvalue weighted by Gasteiger charge is -2.01. The van der Waals surface area contributed by atoms with Crippen molar-refractivity contribution in [1.82, 2.24) is 10.2 Å². The maximum Gasteiger partial charge on any atom is 0.257 e. The van der Waals surface area contributed by atoms with Gasteiger partial charge >= 0.3 is 0 Å². The lowest BCUT2D eigenvalue weighted by atomic mass is 10.2. The molecule has 0 N–H and O–H groups in total. The Hall–Kier alpha value is -2.67. The maximum atomic E-state index is 5.55. The normalized spacial score (nSPS) is 11.0. The van der Waals surface area contributed by atoms with E-state index >= 15 is 0 Å². The van der Waals surface area contributed by atoms with Gasteiger partial charge in [0.05, 0.1) is 12.8 Å². The third-order valence-electron chi connectivity index (χ3n) is 3.21. The number of nitrogens with zero attached hydrogens (tertiary/aromatic N) is 3. The summed E-state index contributed by atoms with van der Waals surface area (Å²) in [7, 11) is 0. The van der Waals surface area contributed by atoms with Crippen molar-refractivity contribution < 1.29 is 14.0 Å². The number of rotatable bonds is 7. The molecule has 3 rings (SSSR count). The van der Waals surface area contributed by atoms with Crippen molar-refractivity contribution in [3.05, 3.63) is 64.5 Å². The summed E-state index contributed by atoms with van der Waals surface area (Å²) in [5.74, 6) is 1.63. The Kier molecular flexibility index (Phi) is 5.79. The van der Waals surface area contributed by atoms with Gasteiger partial charge in [-0.2, -0.15) is 0 Å². The van der Waals surface area contributed by atoms with Crippen molar-refractivity contribution in [3.63, 3.8) is 0 Å². The lowest BCUT2D eigenvalue weighted by Crippen LogP contribution is -1.92. The molecule has 128 valence electrons. The Morgan fingerprint density at radius 1 is 1.08 bits per heavy atom. The highest BCUT2D eigenvalue weighted by molar-refractivity contribution is 9.10. The second kappa shape index (κ2) is 8.43. The number of hydrogen-bond donors (Lipinski definition) is 0. The molecule has 0 aliphatic rings. The standard InChI is InChI=1S/C18H16BrN3O3/c1-2-23-16-9-3-13(4-10-16)11-20-24-12-17-21-22-18(25-17)14-5-7-15(19)8-6-14/h3-11H,2,12H2,1H3/b20-11+. The van der Waals surface area contributed by atoms with Crippen LogP contribution in [0.2, 0.25) is 0 Å². The fourth-order valence-electron chi connectivity index (χ4n) is 2.03. The first kappa shape index (κ1) is 17.2. The van der Waals surface area contributed by atoms with Crippen LogP contribution < -0.4 is 4.74 Å². The number of benzene rings is 2. The Labute approximate surface area is 153 Å². The molecule has 0 saturated carbocycles. The van der Waals surface area contributed by atoms with Gasteiger partial charge in [-0.15, -0.1) is 10.2 Å². The molecule has 0 radical (unpaired) electrons. The van der Waals surface area contributed by atoms with Gasteiger partial charge in [-0.05, 0) is 61.0 Å². The fraction of sp³-hybridized carbons (Fsp3) is 0.167. The van der Waals surface area contributed by atoms with Crippen LogP contribution in [0.1, 0.15) is 18.4 Å². The Bertz CT molecular complexity index is 830. The summed E-state index contributed by atoms with van der Waals surface area (Å²) in [6.45, 7) is 2.70. The first-order valence-electron chi connectivity index (χ1n) is 7.71. The summed E-state index contributed by atoms with van der Waals surface area (Å²) < 4.78 is 11.9. The predicted octanol–water partition coefficient (Wildman–Crippen LogP) is 4.45. The van der Waals surface area contributed by atoms with Crippen LogP contribution in [0.5, 0.6) is 5.75 Å². The molecule has 7 heteroatoms. The average Bonchev–Trinajstić information content (AvgIpc) is 3.10. The molecule has 3 aromatic rings. The van der Waals surface area contributed by atoms with Crippen LogP contribution in [-0.4, -0.2) is 23.0 Å². The zero-order chi connectivity index (χ0) is 17.5. The van der Waals surface area contributed by atoms with Gasteiger partial charge < -0.3 is 14.0 Å². The average molecular weight is 402 g/mol. The van der Waals surface area contributed by atoms with Crippen LogP contribution in [0, 0.1) is 0 Å². The van der Waals surface area contributed by atoms with Crippen LogP contribution in [0.15, 0.2) is 62.6 Å². The van der Waals surface area contributed by atoms with Gasteiger partial charge in [-0.1, -0.05) is 21.1 Å². The van der Waals surface area contributed by atoms with E-state index in [9.17, 15) is 0 Å². The molecule has 0 bridgehead atoms. The number of ether oxygens (including phenoxy) is 1.